The number of nitrogens with one attached hydrogen (secondary N) is 2. The molecule has 3 rings (SSSR count). The lowest BCUT2D eigenvalue weighted by molar-refractivity contribution is -0.137. The molecule has 0 aliphatic carbocycles. The number of H-pyrrole nitrogens is 1. The Bertz CT molecular complexity index is 841. The van der Waals surface area contributed by atoms with Crippen molar-refractivity contribution in [2.45, 2.75) is 12.7 Å². The highest BCUT2D eigenvalue weighted by molar-refractivity contribution is 5.63. The Morgan fingerprint density at radius 3 is 2.56 bits per heavy atom. The second kappa shape index (κ2) is 6.88. The molecule has 2 aromatic carbocycles. The van der Waals surface area contributed by atoms with E-state index >= 15 is 0 Å². The SMILES string of the molecule is COc1cccc(NCc2cn[nH]c2-c2ccc(C(F)(F)F)cc2)c1. The quantitative estimate of drug-likeness (QED) is 0.702. The van der Waals surface area contributed by atoms with Gasteiger partial charge in [0.25, 0.3) is 0 Å². The molecule has 1 aromatic heterocycles. The van der Waals surface area contributed by atoms with Crippen LogP contribution in [-0.4, -0.2) is 17.3 Å². The van der Waals surface area contributed by atoms with Gasteiger partial charge >= 0.3 is 6.18 Å². The Labute approximate surface area is 142 Å². The lowest BCUT2D eigenvalue weighted by Gasteiger charge is -2.10. The number of methoxy groups -OCH3 is 1. The van der Waals surface area contributed by atoms with Crippen molar-refractivity contribution in [1.29, 1.82) is 0 Å². The van der Waals surface area contributed by atoms with Crippen molar-refractivity contribution in [3.63, 3.8) is 0 Å². The van der Waals surface area contributed by atoms with Gasteiger partial charge in [0, 0.05) is 23.9 Å². The fraction of sp³-hybridized carbons (Fsp3) is 0.167. The number of hydrogen-bond acceptors (Lipinski definition) is 3. The average molecular weight is 347 g/mol. The number of alkyl halides is 3. The minimum absolute atomic E-state index is 0.472. The molecule has 25 heavy (non-hydrogen) atoms. The van der Waals surface area contributed by atoms with Gasteiger partial charge < -0.3 is 10.1 Å². The maximum atomic E-state index is 12.7. The summed E-state index contributed by atoms with van der Waals surface area (Å²) >= 11 is 0. The summed E-state index contributed by atoms with van der Waals surface area (Å²) in [7, 11) is 1.60. The molecule has 7 heteroatoms. The maximum absolute atomic E-state index is 12.7. The van der Waals surface area contributed by atoms with E-state index < -0.39 is 11.7 Å². The molecule has 0 spiro atoms. The van der Waals surface area contributed by atoms with Gasteiger partial charge in [-0.25, -0.2) is 0 Å². The molecule has 0 saturated heterocycles. The molecule has 0 radical (unpaired) electrons. The molecule has 130 valence electrons. The van der Waals surface area contributed by atoms with Crippen LogP contribution in [0.2, 0.25) is 0 Å². The van der Waals surface area contributed by atoms with Crippen molar-refractivity contribution in [3.05, 3.63) is 65.9 Å². The third-order valence-corrected chi connectivity index (χ3v) is 3.77. The first-order chi connectivity index (χ1) is 12.0. The van der Waals surface area contributed by atoms with Crippen molar-refractivity contribution >= 4 is 5.69 Å². The van der Waals surface area contributed by atoms with Crippen LogP contribution in [0, 0.1) is 0 Å². The minimum Gasteiger partial charge on any atom is -0.497 e. The second-order valence-corrected chi connectivity index (χ2v) is 5.43. The van der Waals surface area contributed by atoms with E-state index in [4.69, 9.17) is 4.74 Å². The smallest absolute Gasteiger partial charge is 0.416 e. The molecule has 1 heterocycles. The molecule has 0 amide bonds. The number of benzene rings is 2. The summed E-state index contributed by atoms with van der Waals surface area (Å²) in [5.74, 6) is 0.736. The molecular weight excluding hydrogens is 331 g/mol. The zero-order chi connectivity index (χ0) is 17.9. The molecule has 0 aliphatic heterocycles. The largest absolute Gasteiger partial charge is 0.497 e. The third kappa shape index (κ3) is 3.93. The van der Waals surface area contributed by atoms with Gasteiger partial charge in [-0.15, -0.1) is 0 Å². The monoisotopic (exact) mass is 347 g/mol. The summed E-state index contributed by atoms with van der Waals surface area (Å²) in [6.45, 7) is 0.472. The normalized spacial score (nSPS) is 11.4. The van der Waals surface area contributed by atoms with Crippen molar-refractivity contribution in [2.24, 2.45) is 0 Å². The van der Waals surface area contributed by atoms with Crippen molar-refractivity contribution < 1.29 is 17.9 Å². The zero-order valence-corrected chi connectivity index (χ0v) is 13.4. The highest BCUT2D eigenvalue weighted by Crippen LogP contribution is 2.31. The van der Waals surface area contributed by atoms with Gasteiger partial charge in [-0.2, -0.15) is 18.3 Å². The Morgan fingerprint density at radius 2 is 1.88 bits per heavy atom. The van der Waals surface area contributed by atoms with Crippen molar-refractivity contribution in [3.8, 4) is 17.0 Å². The molecule has 2 N–H and O–H groups in total. The fourth-order valence-corrected chi connectivity index (χ4v) is 2.45. The summed E-state index contributed by atoms with van der Waals surface area (Å²) in [6, 6.07) is 12.5. The van der Waals surface area contributed by atoms with Crippen LogP contribution < -0.4 is 10.1 Å². The number of nitrogens with zero attached hydrogens (tertiary/aromatic N) is 1. The number of rotatable bonds is 5. The van der Waals surface area contributed by atoms with E-state index in [1.807, 2.05) is 24.3 Å². The predicted molar refractivity (Wildman–Crippen MR) is 89.3 cm³/mol. The number of aromatic nitrogens is 2. The zero-order valence-electron chi connectivity index (χ0n) is 13.4. The summed E-state index contributed by atoms with van der Waals surface area (Å²) in [6.07, 6.45) is -2.69. The summed E-state index contributed by atoms with van der Waals surface area (Å²) in [5, 5.41) is 10.1. The first-order valence-corrected chi connectivity index (χ1v) is 7.55. The molecule has 4 nitrogen and oxygen atoms in total. The fourth-order valence-electron chi connectivity index (χ4n) is 2.45. The van der Waals surface area contributed by atoms with E-state index in [0.29, 0.717) is 17.8 Å². The van der Waals surface area contributed by atoms with Crippen LogP contribution in [0.5, 0.6) is 5.75 Å². The average Bonchev–Trinajstić information content (AvgIpc) is 3.08. The summed E-state index contributed by atoms with van der Waals surface area (Å²) in [5.41, 5.74) is 2.38. The molecular formula is C18H16F3N3O. The molecule has 3 aromatic rings. The van der Waals surface area contributed by atoms with E-state index in [1.165, 1.54) is 12.1 Å². The lowest BCUT2D eigenvalue weighted by atomic mass is 10.1. The highest BCUT2D eigenvalue weighted by atomic mass is 19.4. The maximum Gasteiger partial charge on any atom is 0.416 e. The number of hydrogen-bond donors (Lipinski definition) is 2. The molecule has 0 bridgehead atoms. The van der Waals surface area contributed by atoms with Crippen LogP contribution in [-0.2, 0) is 12.7 Å². The first-order valence-electron chi connectivity index (χ1n) is 7.55. The van der Waals surface area contributed by atoms with Crippen LogP contribution in [0.4, 0.5) is 18.9 Å². The van der Waals surface area contributed by atoms with Crippen molar-refractivity contribution in [1.82, 2.24) is 10.2 Å². The van der Waals surface area contributed by atoms with Crippen LogP contribution in [0.25, 0.3) is 11.3 Å². The molecule has 0 fully saturated rings. The van der Waals surface area contributed by atoms with E-state index in [2.05, 4.69) is 15.5 Å². The molecule has 0 atom stereocenters. The van der Waals surface area contributed by atoms with Gasteiger partial charge in [-0.1, -0.05) is 18.2 Å². The van der Waals surface area contributed by atoms with Crippen LogP contribution >= 0.6 is 0 Å². The van der Waals surface area contributed by atoms with Gasteiger partial charge in [0.15, 0.2) is 0 Å². The Morgan fingerprint density at radius 1 is 1.12 bits per heavy atom. The van der Waals surface area contributed by atoms with Gasteiger partial charge in [0.05, 0.1) is 24.6 Å². The van der Waals surface area contributed by atoms with Gasteiger partial charge in [0.2, 0.25) is 0 Å². The first kappa shape index (κ1) is 16.9. The molecule has 0 aliphatic rings. The summed E-state index contributed by atoms with van der Waals surface area (Å²) < 4.78 is 43.2. The minimum atomic E-state index is -4.34. The standard InChI is InChI=1S/C18H16F3N3O/c1-25-16-4-2-3-15(9-16)22-10-13-11-23-24-17(13)12-5-7-14(8-6-12)18(19,20)21/h2-9,11,22H,10H2,1H3,(H,23,24). The van der Waals surface area contributed by atoms with E-state index in [1.54, 1.807) is 13.3 Å². The van der Waals surface area contributed by atoms with E-state index in [9.17, 15) is 13.2 Å². The number of halogens is 3. The van der Waals surface area contributed by atoms with Crippen LogP contribution in [0.1, 0.15) is 11.1 Å². The predicted octanol–water partition coefficient (Wildman–Crippen LogP) is 4.72. The lowest BCUT2D eigenvalue weighted by Crippen LogP contribution is -2.04. The summed E-state index contributed by atoms with van der Waals surface area (Å²) in [4.78, 5) is 0. The van der Waals surface area contributed by atoms with Crippen LogP contribution in [0.3, 0.4) is 0 Å². The molecule has 0 saturated carbocycles. The van der Waals surface area contributed by atoms with E-state index in [-0.39, 0.29) is 0 Å². The number of anilines is 1. The number of ether oxygens (including phenoxy) is 1. The van der Waals surface area contributed by atoms with E-state index in [0.717, 1.165) is 29.1 Å². The van der Waals surface area contributed by atoms with Gasteiger partial charge in [0.1, 0.15) is 5.75 Å². The van der Waals surface area contributed by atoms with Gasteiger partial charge in [-0.3, -0.25) is 5.10 Å². The third-order valence-electron chi connectivity index (χ3n) is 3.77. The molecule has 0 unspecified atom stereocenters. The Balaban J connectivity index is 1.76. The number of aromatic amines is 1. The topological polar surface area (TPSA) is 49.9 Å². The van der Waals surface area contributed by atoms with Gasteiger partial charge in [-0.05, 0) is 29.8 Å². The second-order valence-electron chi connectivity index (χ2n) is 5.43. The van der Waals surface area contributed by atoms with Crippen molar-refractivity contribution in [2.75, 3.05) is 12.4 Å². The Kier molecular flexibility index (Phi) is 4.65. The van der Waals surface area contributed by atoms with Crippen LogP contribution in [0.15, 0.2) is 54.7 Å². The Hall–Kier alpha value is -2.96. The highest BCUT2D eigenvalue weighted by Gasteiger charge is 2.30.